The van der Waals surface area contributed by atoms with Crippen molar-refractivity contribution in [2.75, 3.05) is 11.9 Å². The molecule has 0 amide bonds. The molecule has 1 heterocycles. The molecule has 0 aromatic carbocycles. The van der Waals surface area contributed by atoms with Crippen LogP contribution in [0.15, 0.2) is 0 Å². The Bertz CT molecular complexity index is 567. The van der Waals surface area contributed by atoms with Crippen molar-refractivity contribution < 1.29 is 9.53 Å². The largest absolute Gasteiger partial charge is 0.462 e. The highest BCUT2D eigenvalue weighted by molar-refractivity contribution is 7.80. The number of ether oxygens (including phenoxy) is 1. The smallest absolute Gasteiger partial charge is 0.341 e. The van der Waals surface area contributed by atoms with Gasteiger partial charge in [0.15, 0.2) is 5.11 Å². The van der Waals surface area contributed by atoms with Gasteiger partial charge in [0.05, 0.1) is 12.2 Å². The van der Waals surface area contributed by atoms with Crippen LogP contribution in [0.4, 0.5) is 5.00 Å². The number of nitrogens with one attached hydrogen (secondary N) is 2. The molecule has 4 nitrogen and oxygen atoms in total. The van der Waals surface area contributed by atoms with Gasteiger partial charge in [-0.15, -0.1) is 11.3 Å². The predicted octanol–water partition coefficient (Wildman–Crippen LogP) is 3.74. The van der Waals surface area contributed by atoms with Crippen LogP contribution in [-0.2, 0) is 17.6 Å². The maximum atomic E-state index is 12.4. The first-order valence-electron chi connectivity index (χ1n) is 7.81. The van der Waals surface area contributed by atoms with Crippen LogP contribution in [0.25, 0.3) is 0 Å². The Morgan fingerprint density at radius 2 is 2.23 bits per heavy atom. The van der Waals surface area contributed by atoms with Crippen molar-refractivity contribution in [1.29, 1.82) is 0 Å². The van der Waals surface area contributed by atoms with Gasteiger partial charge < -0.3 is 15.4 Å². The number of thiocarbonyl (C=S) groups is 1. The van der Waals surface area contributed by atoms with E-state index in [1.54, 1.807) is 11.3 Å². The predicted molar refractivity (Wildman–Crippen MR) is 96.0 cm³/mol. The van der Waals surface area contributed by atoms with Crippen LogP contribution in [0, 0.1) is 5.92 Å². The first-order valence-corrected chi connectivity index (χ1v) is 9.04. The van der Waals surface area contributed by atoms with E-state index in [1.165, 1.54) is 4.88 Å². The molecule has 0 aliphatic heterocycles. The molecule has 122 valence electrons. The topological polar surface area (TPSA) is 50.4 Å². The number of rotatable bonds is 4. The summed E-state index contributed by atoms with van der Waals surface area (Å²) >= 11 is 6.96. The molecule has 1 aliphatic rings. The zero-order valence-electron chi connectivity index (χ0n) is 13.6. The molecule has 2 N–H and O–H groups in total. The molecule has 1 aromatic heterocycles. The Hall–Kier alpha value is -1.14. The molecule has 1 atom stereocenters. The molecule has 22 heavy (non-hydrogen) atoms. The first-order chi connectivity index (χ1) is 10.4. The van der Waals surface area contributed by atoms with Gasteiger partial charge >= 0.3 is 5.97 Å². The first kappa shape index (κ1) is 17.2. The molecular formula is C16H24N2O2S2. The summed E-state index contributed by atoms with van der Waals surface area (Å²) < 4.78 is 5.25. The molecule has 0 bridgehead atoms. The number of esters is 1. The van der Waals surface area contributed by atoms with Gasteiger partial charge in [-0.3, -0.25) is 0 Å². The van der Waals surface area contributed by atoms with Crippen LogP contribution in [0.1, 0.15) is 54.9 Å². The van der Waals surface area contributed by atoms with E-state index in [0.717, 1.165) is 29.8 Å². The Labute approximate surface area is 141 Å². The maximum absolute atomic E-state index is 12.4. The Balaban J connectivity index is 2.31. The lowest BCUT2D eigenvalue weighted by Gasteiger charge is -2.18. The third-order valence-corrected chi connectivity index (χ3v) is 5.03. The van der Waals surface area contributed by atoms with Gasteiger partial charge in [-0.2, -0.15) is 0 Å². The Kier molecular flexibility index (Phi) is 5.81. The number of carbonyl (C=O) groups excluding carboxylic acids is 1. The summed E-state index contributed by atoms with van der Waals surface area (Å²) in [5.74, 6) is 0.416. The van der Waals surface area contributed by atoms with Crippen LogP contribution in [0.2, 0.25) is 0 Å². The average molecular weight is 341 g/mol. The molecule has 0 spiro atoms. The number of anilines is 1. The van der Waals surface area contributed by atoms with E-state index in [1.807, 2.05) is 20.8 Å². The minimum Gasteiger partial charge on any atom is -0.462 e. The highest BCUT2D eigenvalue weighted by Gasteiger charge is 2.28. The van der Waals surface area contributed by atoms with E-state index in [9.17, 15) is 4.79 Å². The molecule has 0 fully saturated rings. The summed E-state index contributed by atoms with van der Waals surface area (Å²) in [6.07, 6.45) is 3.08. The lowest BCUT2D eigenvalue weighted by Crippen LogP contribution is -2.34. The third kappa shape index (κ3) is 3.98. The third-order valence-electron chi connectivity index (χ3n) is 3.64. The molecule has 0 saturated heterocycles. The lowest BCUT2D eigenvalue weighted by molar-refractivity contribution is 0.0526. The Morgan fingerprint density at radius 1 is 1.50 bits per heavy atom. The van der Waals surface area contributed by atoms with Crippen molar-refractivity contribution in [3.8, 4) is 0 Å². The number of hydrogen-bond donors (Lipinski definition) is 2. The van der Waals surface area contributed by atoms with Crippen LogP contribution in [-0.4, -0.2) is 23.7 Å². The van der Waals surface area contributed by atoms with Gasteiger partial charge in [0.25, 0.3) is 0 Å². The standard InChI is InChI=1S/C16H24N2O2S2/c1-5-20-15(19)13-11-7-6-10(4)8-12(11)22-14(13)18-16(21)17-9(2)3/h9-10H,5-8H2,1-4H3,(H2,17,18,21)/t10-/m0/s1. The SMILES string of the molecule is CCOC(=O)c1c(NC(=S)NC(C)C)sc2c1CC[C@H](C)C2. The van der Waals surface area contributed by atoms with Gasteiger partial charge in [-0.1, -0.05) is 6.92 Å². The molecule has 6 heteroatoms. The van der Waals surface area contributed by atoms with Crippen molar-refractivity contribution in [1.82, 2.24) is 5.32 Å². The van der Waals surface area contributed by atoms with E-state index < -0.39 is 0 Å². The van der Waals surface area contributed by atoms with Crippen LogP contribution in [0.5, 0.6) is 0 Å². The minimum absolute atomic E-state index is 0.246. The van der Waals surface area contributed by atoms with Crippen molar-refractivity contribution in [2.45, 2.75) is 53.0 Å². The number of fused-ring (bicyclic) bond motifs is 1. The van der Waals surface area contributed by atoms with E-state index in [0.29, 0.717) is 23.2 Å². The minimum atomic E-state index is -0.246. The van der Waals surface area contributed by atoms with Gasteiger partial charge in [0.1, 0.15) is 5.00 Å². The zero-order chi connectivity index (χ0) is 16.3. The summed E-state index contributed by atoms with van der Waals surface area (Å²) in [5, 5.41) is 7.71. The highest BCUT2D eigenvalue weighted by Crippen LogP contribution is 2.40. The van der Waals surface area contributed by atoms with Crippen LogP contribution in [0.3, 0.4) is 0 Å². The monoisotopic (exact) mass is 340 g/mol. The summed E-state index contributed by atoms with van der Waals surface area (Å²) in [4.78, 5) is 13.7. The number of hydrogen-bond acceptors (Lipinski definition) is 4. The second-order valence-electron chi connectivity index (χ2n) is 6.03. The highest BCUT2D eigenvalue weighted by atomic mass is 32.1. The molecule has 2 rings (SSSR count). The molecule has 0 unspecified atom stereocenters. The summed E-state index contributed by atoms with van der Waals surface area (Å²) in [6, 6.07) is 0.251. The maximum Gasteiger partial charge on any atom is 0.341 e. The fourth-order valence-electron chi connectivity index (χ4n) is 2.66. The quantitative estimate of drug-likeness (QED) is 0.646. The van der Waals surface area contributed by atoms with Crippen molar-refractivity contribution in [3.05, 3.63) is 16.0 Å². The van der Waals surface area contributed by atoms with Crippen molar-refractivity contribution >= 4 is 39.6 Å². The Morgan fingerprint density at radius 3 is 2.86 bits per heavy atom. The van der Waals surface area contributed by atoms with Gasteiger partial charge in [0.2, 0.25) is 0 Å². The second kappa shape index (κ2) is 7.42. The van der Waals surface area contributed by atoms with E-state index in [-0.39, 0.29) is 12.0 Å². The fraction of sp³-hybridized carbons (Fsp3) is 0.625. The van der Waals surface area contributed by atoms with Crippen LogP contribution >= 0.6 is 23.6 Å². The van der Waals surface area contributed by atoms with Crippen LogP contribution < -0.4 is 10.6 Å². The second-order valence-corrected chi connectivity index (χ2v) is 7.54. The van der Waals surface area contributed by atoms with Crippen molar-refractivity contribution in [3.63, 3.8) is 0 Å². The summed E-state index contributed by atoms with van der Waals surface area (Å²) in [5.41, 5.74) is 1.83. The number of carbonyl (C=O) groups is 1. The molecular weight excluding hydrogens is 316 g/mol. The number of thiophene rings is 1. The summed E-state index contributed by atoms with van der Waals surface area (Å²) in [7, 11) is 0. The molecule has 0 radical (unpaired) electrons. The normalized spacial score (nSPS) is 17.0. The summed E-state index contributed by atoms with van der Waals surface area (Å²) in [6.45, 7) is 8.53. The van der Waals surface area contributed by atoms with Gasteiger partial charge in [-0.05, 0) is 63.7 Å². The molecule has 1 aliphatic carbocycles. The van der Waals surface area contributed by atoms with Crippen molar-refractivity contribution in [2.24, 2.45) is 5.92 Å². The van der Waals surface area contributed by atoms with Gasteiger partial charge in [0, 0.05) is 10.9 Å². The van der Waals surface area contributed by atoms with E-state index in [2.05, 4.69) is 17.6 Å². The molecule has 1 aromatic rings. The zero-order valence-corrected chi connectivity index (χ0v) is 15.2. The molecule has 0 saturated carbocycles. The average Bonchev–Trinajstić information content (AvgIpc) is 2.74. The fourth-order valence-corrected chi connectivity index (χ4v) is 4.47. The lowest BCUT2D eigenvalue weighted by atomic mass is 9.88. The van der Waals surface area contributed by atoms with E-state index in [4.69, 9.17) is 17.0 Å². The van der Waals surface area contributed by atoms with Gasteiger partial charge in [-0.25, -0.2) is 4.79 Å². The van der Waals surface area contributed by atoms with E-state index >= 15 is 0 Å².